The van der Waals surface area contributed by atoms with Gasteiger partial charge >= 0.3 is 6.18 Å². The van der Waals surface area contributed by atoms with Crippen LogP contribution in [0.3, 0.4) is 0 Å². The molecule has 0 amide bonds. The Morgan fingerprint density at radius 1 is 1.28 bits per heavy atom. The molecular weight excluding hydrogens is 475 g/mol. The van der Waals surface area contributed by atoms with Crippen molar-refractivity contribution in [2.24, 2.45) is 0 Å². The van der Waals surface area contributed by atoms with Gasteiger partial charge in [-0.05, 0) is 52.2 Å². The van der Waals surface area contributed by atoms with Gasteiger partial charge in [-0.1, -0.05) is 12.1 Å². The van der Waals surface area contributed by atoms with E-state index in [-0.39, 0.29) is 24.1 Å². The summed E-state index contributed by atoms with van der Waals surface area (Å²) in [5.41, 5.74) is -0.199. The number of rotatable bonds is 6. The number of alkyl halides is 3. The fourth-order valence-electron chi connectivity index (χ4n) is 2.90. The molecule has 0 bridgehead atoms. The summed E-state index contributed by atoms with van der Waals surface area (Å²) in [4.78, 5) is 12.4. The van der Waals surface area contributed by atoms with Gasteiger partial charge < -0.3 is 15.7 Å². The number of nitrogens with zero attached hydrogens (tertiary/aromatic N) is 3. The van der Waals surface area contributed by atoms with E-state index >= 15 is 0 Å². The van der Waals surface area contributed by atoms with Crippen LogP contribution in [0.1, 0.15) is 24.1 Å². The molecular formula is C18H16BrClF3N5O. The molecule has 11 heteroatoms. The topological polar surface area (TPSA) is 83.0 Å². The van der Waals surface area contributed by atoms with Gasteiger partial charge in [0.05, 0.1) is 29.3 Å². The van der Waals surface area contributed by atoms with E-state index in [4.69, 9.17) is 16.7 Å². The van der Waals surface area contributed by atoms with Crippen molar-refractivity contribution in [1.82, 2.24) is 15.0 Å². The average molecular weight is 491 g/mol. The van der Waals surface area contributed by atoms with Gasteiger partial charge in [0, 0.05) is 17.2 Å². The van der Waals surface area contributed by atoms with E-state index in [1.807, 2.05) is 0 Å². The Kier molecular flexibility index (Phi) is 6.45. The Morgan fingerprint density at radius 3 is 2.72 bits per heavy atom. The molecule has 0 fully saturated rings. The zero-order valence-electron chi connectivity index (χ0n) is 15.1. The highest BCUT2D eigenvalue weighted by Crippen LogP contribution is 2.39. The first-order valence-corrected chi connectivity index (χ1v) is 9.68. The summed E-state index contributed by atoms with van der Waals surface area (Å²) in [6.07, 6.45) is -2.99. The lowest BCUT2D eigenvalue weighted by atomic mass is 10.0. The van der Waals surface area contributed by atoms with Gasteiger partial charge in [0.25, 0.3) is 0 Å². The first-order valence-electron chi connectivity index (χ1n) is 8.51. The number of benzene rings is 1. The van der Waals surface area contributed by atoms with Crippen LogP contribution in [0, 0.1) is 0 Å². The second kappa shape index (κ2) is 8.68. The highest BCUT2D eigenvalue weighted by Gasteiger charge is 2.35. The van der Waals surface area contributed by atoms with Crippen LogP contribution in [-0.2, 0) is 6.18 Å². The van der Waals surface area contributed by atoms with Crippen LogP contribution in [0.5, 0.6) is 0 Å². The molecule has 29 heavy (non-hydrogen) atoms. The van der Waals surface area contributed by atoms with Gasteiger partial charge in [-0.2, -0.15) is 18.2 Å². The van der Waals surface area contributed by atoms with Crippen molar-refractivity contribution < 1.29 is 18.3 Å². The predicted octanol–water partition coefficient (Wildman–Crippen LogP) is 5.04. The molecule has 0 aliphatic carbocycles. The normalized spacial score (nSPS) is 12.8. The zero-order valence-corrected chi connectivity index (χ0v) is 17.4. The number of anilines is 2. The monoisotopic (exact) mass is 489 g/mol. The maximum absolute atomic E-state index is 13.5. The average Bonchev–Trinajstić information content (AvgIpc) is 2.65. The molecule has 0 aliphatic rings. The molecule has 3 rings (SSSR count). The minimum absolute atomic E-state index is 0.0219. The third kappa shape index (κ3) is 4.88. The maximum atomic E-state index is 13.5. The third-order valence-electron chi connectivity index (χ3n) is 4.13. The fourth-order valence-corrected chi connectivity index (χ4v) is 3.39. The SMILES string of the molecule is C[C@@H](Nc1nc(Cl)nc2ncc(Br)cc12)c1cccc(C(F)(F)F)c1NCCO. The van der Waals surface area contributed by atoms with Crippen LogP contribution in [0.2, 0.25) is 5.28 Å². The number of aliphatic hydroxyl groups excluding tert-OH is 1. The number of fused-ring (bicyclic) bond motifs is 1. The largest absolute Gasteiger partial charge is 0.418 e. The minimum Gasteiger partial charge on any atom is -0.395 e. The van der Waals surface area contributed by atoms with E-state index in [0.717, 1.165) is 6.07 Å². The van der Waals surface area contributed by atoms with Gasteiger partial charge in [-0.3, -0.25) is 0 Å². The van der Waals surface area contributed by atoms with Crippen molar-refractivity contribution in [2.75, 3.05) is 23.8 Å². The number of hydrogen-bond donors (Lipinski definition) is 3. The number of aromatic nitrogens is 3. The molecule has 154 valence electrons. The van der Waals surface area contributed by atoms with Crippen LogP contribution in [0.25, 0.3) is 11.0 Å². The summed E-state index contributed by atoms with van der Waals surface area (Å²) in [6, 6.07) is 5.07. The second-order valence-electron chi connectivity index (χ2n) is 6.15. The van der Waals surface area contributed by atoms with Gasteiger partial charge in [0.15, 0.2) is 5.65 Å². The first-order chi connectivity index (χ1) is 13.7. The molecule has 2 heterocycles. The van der Waals surface area contributed by atoms with Crippen LogP contribution in [0.15, 0.2) is 34.9 Å². The van der Waals surface area contributed by atoms with Gasteiger partial charge in [0.1, 0.15) is 5.82 Å². The second-order valence-corrected chi connectivity index (χ2v) is 7.40. The van der Waals surface area contributed by atoms with Crippen molar-refractivity contribution in [3.8, 4) is 0 Å². The highest BCUT2D eigenvalue weighted by molar-refractivity contribution is 9.10. The molecule has 3 aromatic rings. The zero-order chi connectivity index (χ0) is 21.2. The number of para-hydroxylation sites is 1. The van der Waals surface area contributed by atoms with E-state index in [1.54, 1.807) is 25.3 Å². The highest BCUT2D eigenvalue weighted by atomic mass is 79.9. The summed E-state index contributed by atoms with van der Waals surface area (Å²) in [5, 5.41) is 15.4. The maximum Gasteiger partial charge on any atom is 0.418 e. The summed E-state index contributed by atoms with van der Waals surface area (Å²) >= 11 is 9.31. The molecule has 1 aromatic carbocycles. The molecule has 2 aromatic heterocycles. The van der Waals surface area contributed by atoms with Crippen LogP contribution in [-0.4, -0.2) is 33.2 Å². The summed E-state index contributed by atoms with van der Waals surface area (Å²) in [6.45, 7) is 1.37. The Balaban J connectivity index is 2.05. The molecule has 0 unspecified atom stereocenters. The lowest BCUT2D eigenvalue weighted by Crippen LogP contribution is -2.18. The standard InChI is InChI=1S/C18H16BrClF3N5O/c1-9(11-3-2-4-13(18(21,22)23)14(11)24-5-6-29)26-16-12-7-10(19)8-25-15(12)27-17(20)28-16/h2-4,7-9,24,29H,5-6H2,1H3,(H,25,26,27,28)/t9-/m1/s1. The van der Waals surface area contributed by atoms with Crippen molar-refractivity contribution in [2.45, 2.75) is 19.1 Å². The Labute approximate surface area is 177 Å². The fraction of sp³-hybridized carbons (Fsp3) is 0.278. The Hall–Kier alpha value is -2.17. The van der Waals surface area contributed by atoms with Gasteiger partial charge in [0.2, 0.25) is 5.28 Å². The third-order valence-corrected chi connectivity index (χ3v) is 4.73. The van der Waals surface area contributed by atoms with E-state index in [2.05, 4.69) is 41.5 Å². The van der Waals surface area contributed by atoms with Crippen molar-refractivity contribution >= 4 is 50.1 Å². The van der Waals surface area contributed by atoms with Crippen molar-refractivity contribution in [1.29, 1.82) is 0 Å². The van der Waals surface area contributed by atoms with Crippen LogP contribution < -0.4 is 10.6 Å². The number of hydrogen-bond acceptors (Lipinski definition) is 6. The molecule has 1 atom stereocenters. The number of pyridine rings is 1. The van der Waals surface area contributed by atoms with E-state index in [0.29, 0.717) is 26.9 Å². The van der Waals surface area contributed by atoms with Crippen LogP contribution in [0.4, 0.5) is 24.7 Å². The lowest BCUT2D eigenvalue weighted by molar-refractivity contribution is -0.137. The smallest absolute Gasteiger partial charge is 0.395 e. The Bertz CT molecular complexity index is 1030. The Morgan fingerprint density at radius 2 is 2.03 bits per heavy atom. The molecule has 0 radical (unpaired) electrons. The quantitative estimate of drug-likeness (QED) is 0.420. The molecule has 6 nitrogen and oxygen atoms in total. The van der Waals surface area contributed by atoms with Gasteiger partial charge in [-0.25, -0.2) is 9.97 Å². The predicted molar refractivity (Wildman–Crippen MR) is 109 cm³/mol. The van der Waals surface area contributed by atoms with Crippen LogP contribution >= 0.6 is 27.5 Å². The summed E-state index contributed by atoms with van der Waals surface area (Å²) < 4.78 is 41.1. The molecule has 0 saturated carbocycles. The molecule has 0 saturated heterocycles. The van der Waals surface area contributed by atoms with Gasteiger partial charge in [-0.15, -0.1) is 0 Å². The summed E-state index contributed by atoms with van der Waals surface area (Å²) in [5.74, 6) is 0.340. The minimum atomic E-state index is -4.55. The molecule has 3 N–H and O–H groups in total. The van der Waals surface area contributed by atoms with E-state index in [1.165, 1.54) is 6.07 Å². The molecule has 0 aliphatic heterocycles. The number of halogens is 5. The molecule has 0 spiro atoms. The van der Waals surface area contributed by atoms with E-state index in [9.17, 15) is 13.2 Å². The van der Waals surface area contributed by atoms with E-state index < -0.39 is 17.8 Å². The number of nitrogens with one attached hydrogen (secondary N) is 2. The number of aliphatic hydroxyl groups is 1. The lowest BCUT2D eigenvalue weighted by Gasteiger charge is -2.23. The van der Waals surface area contributed by atoms with Crippen molar-refractivity contribution in [3.05, 3.63) is 51.3 Å². The first kappa shape index (κ1) is 21.5. The summed E-state index contributed by atoms with van der Waals surface area (Å²) in [7, 11) is 0. The van der Waals surface area contributed by atoms with Crippen molar-refractivity contribution in [3.63, 3.8) is 0 Å².